The fourth-order valence-corrected chi connectivity index (χ4v) is 2.32. The molecule has 1 aromatic heterocycles. The van der Waals surface area contributed by atoms with Crippen LogP contribution in [0.1, 0.15) is 6.92 Å². The van der Waals surface area contributed by atoms with Crippen molar-refractivity contribution in [1.82, 2.24) is 14.8 Å². The Morgan fingerprint density at radius 3 is 2.90 bits per heavy atom. The summed E-state index contributed by atoms with van der Waals surface area (Å²) in [7, 11) is 0. The fraction of sp³-hybridized carbons (Fsp3) is 0.250. The number of ether oxygens (including phenoxy) is 1. The molecule has 0 aliphatic rings. The molecule has 2 rings (SSSR count). The molecule has 0 saturated carbocycles. The summed E-state index contributed by atoms with van der Waals surface area (Å²) in [4.78, 5) is 10.6. The van der Waals surface area contributed by atoms with Crippen molar-refractivity contribution in [1.29, 1.82) is 0 Å². The van der Waals surface area contributed by atoms with E-state index < -0.39 is 11.8 Å². The third kappa shape index (κ3) is 3.43. The zero-order chi connectivity index (χ0) is 15.4. The van der Waals surface area contributed by atoms with Gasteiger partial charge < -0.3 is 15.6 Å². The molecule has 0 saturated heterocycles. The van der Waals surface area contributed by atoms with E-state index in [0.717, 1.165) is 11.8 Å². The number of nitrogens with two attached hydrogens (primary N) is 1. The number of rotatable bonds is 6. The lowest BCUT2D eigenvalue weighted by Gasteiger charge is -2.10. The molecule has 3 N–H and O–H groups in total. The van der Waals surface area contributed by atoms with Crippen molar-refractivity contribution >= 4 is 23.7 Å². The van der Waals surface area contributed by atoms with Gasteiger partial charge in [0.15, 0.2) is 16.7 Å². The molecule has 0 fully saturated rings. The summed E-state index contributed by atoms with van der Waals surface area (Å²) in [6, 6.07) is 4.30. The topological polar surface area (TPSA) is 103 Å². The number of halogens is 1. The van der Waals surface area contributed by atoms with Gasteiger partial charge in [-0.15, -0.1) is 10.2 Å². The maximum Gasteiger partial charge on any atom is 0.313 e. The van der Waals surface area contributed by atoms with E-state index >= 15 is 0 Å². The molecular formula is C12H13FN4O3S. The molecule has 0 spiro atoms. The highest BCUT2D eigenvalue weighted by atomic mass is 32.2. The van der Waals surface area contributed by atoms with Crippen LogP contribution in [0.4, 0.5) is 10.3 Å². The zero-order valence-corrected chi connectivity index (χ0v) is 11.9. The van der Waals surface area contributed by atoms with Crippen LogP contribution >= 0.6 is 11.8 Å². The Kier molecular flexibility index (Phi) is 4.63. The minimum absolute atomic E-state index is 0.0476. The lowest BCUT2D eigenvalue weighted by atomic mass is 10.3. The van der Waals surface area contributed by atoms with Gasteiger partial charge >= 0.3 is 5.97 Å². The zero-order valence-electron chi connectivity index (χ0n) is 11.1. The Morgan fingerprint density at radius 2 is 2.29 bits per heavy atom. The molecule has 0 aliphatic heterocycles. The number of carboxylic acid groups (broad SMARTS) is 1. The first-order valence-corrected chi connectivity index (χ1v) is 6.99. The monoisotopic (exact) mass is 312 g/mol. The number of benzene rings is 1. The quantitative estimate of drug-likeness (QED) is 0.780. The molecule has 112 valence electrons. The first-order chi connectivity index (χ1) is 10.0. The highest BCUT2D eigenvalue weighted by molar-refractivity contribution is 7.99. The first-order valence-electron chi connectivity index (χ1n) is 6.01. The number of hydrogen-bond donors (Lipinski definition) is 2. The van der Waals surface area contributed by atoms with Crippen molar-refractivity contribution in [2.75, 3.05) is 18.1 Å². The van der Waals surface area contributed by atoms with E-state index in [1.165, 1.54) is 16.7 Å². The molecule has 0 atom stereocenters. The number of carboxylic acids is 1. The van der Waals surface area contributed by atoms with E-state index in [2.05, 4.69) is 10.2 Å². The lowest BCUT2D eigenvalue weighted by Crippen LogP contribution is -2.05. The van der Waals surface area contributed by atoms with Gasteiger partial charge in [-0.05, 0) is 19.1 Å². The Bertz CT molecular complexity index is 662. The summed E-state index contributed by atoms with van der Waals surface area (Å²) in [5.74, 6) is -1.56. The summed E-state index contributed by atoms with van der Waals surface area (Å²) in [6.07, 6.45) is 0. The van der Waals surface area contributed by atoms with E-state index in [0.29, 0.717) is 12.3 Å². The molecule has 1 aromatic carbocycles. The molecule has 0 aliphatic carbocycles. The van der Waals surface area contributed by atoms with Gasteiger partial charge in [-0.25, -0.2) is 4.39 Å². The van der Waals surface area contributed by atoms with Crippen LogP contribution < -0.4 is 10.5 Å². The third-order valence-electron chi connectivity index (χ3n) is 2.46. The minimum atomic E-state index is -0.994. The van der Waals surface area contributed by atoms with Crippen molar-refractivity contribution < 1.29 is 19.0 Å². The largest absolute Gasteiger partial charge is 0.491 e. The van der Waals surface area contributed by atoms with Crippen LogP contribution in [0, 0.1) is 5.82 Å². The number of nitrogen functional groups attached to an aromatic ring is 1. The molecule has 2 aromatic rings. The van der Waals surface area contributed by atoms with Crippen LogP contribution in [0.2, 0.25) is 0 Å². The number of aromatic nitrogens is 3. The molecule has 9 heteroatoms. The molecule has 0 amide bonds. The molecule has 0 radical (unpaired) electrons. The van der Waals surface area contributed by atoms with Crippen LogP contribution in [0.3, 0.4) is 0 Å². The van der Waals surface area contributed by atoms with Crippen LogP contribution in [0.15, 0.2) is 23.4 Å². The van der Waals surface area contributed by atoms with E-state index in [1.807, 2.05) is 0 Å². The van der Waals surface area contributed by atoms with Crippen LogP contribution in [-0.2, 0) is 4.79 Å². The highest BCUT2D eigenvalue weighted by Crippen LogP contribution is 2.26. The molecule has 1 heterocycles. The molecular weight excluding hydrogens is 299 g/mol. The predicted octanol–water partition coefficient (Wildman–Crippen LogP) is 1.56. The molecule has 0 bridgehead atoms. The van der Waals surface area contributed by atoms with Gasteiger partial charge in [-0.2, -0.15) is 0 Å². The Balaban J connectivity index is 2.35. The van der Waals surface area contributed by atoms with Gasteiger partial charge in [0.1, 0.15) is 0 Å². The maximum atomic E-state index is 13.9. The summed E-state index contributed by atoms with van der Waals surface area (Å²) in [5.41, 5.74) is 6.10. The normalized spacial score (nSPS) is 10.6. The van der Waals surface area contributed by atoms with Crippen molar-refractivity contribution in [3.05, 3.63) is 24.0 Å². The van der Waals surface area contributed by atoms with E-state index in [1.54, 1.807) is 13.0 Å². The lowest BCUT2D eigenvalue weighted by molar-refractivity contribution is -0.133. The molecule has 21 heavy (non-hydrogen) atoms. The Morgan fingerprint density at radius 1 is 1.52 bits per heavy atom. The molecule has 0 unspecified atom stereocenters. The van der Waals surface area contributed by atoms with Gasteiger partial charge in [0.05, 0.1) is 18.0 Å². The van der Waals surface area contributed by atoms with Crippen molar-refractivity contribution in [3.63, 3.8) is 0 Å². The van der Waals surface area contributed by atoms with Gasteiger partial charge in [-0.1, -0.05) is 11.8 Å². The average Bonchev–Trinajstić information content (AvgIpc) is 2.80. The smallest absolute Gasteiger partial charge is 0.313 e. The maximum absolute atomic E-state index is 13.9. The number of carbonyl (C=O) groups is 1. The van der Waals surface area contributed by atoms with Crippen molar-refractivity contribution in [2.24, 2.45) is 0 Å². The van der Waals surface area contributed by atoms with Gasteiger partial charge in [-0.3, -0.25) is 9.36 Å². The number of thioether (sulfide) groups is 1. The SMILES string of the molecule is CCOc1ccc(-n2c(N)nnc2SCC(=O)O)cc1F. The minimum Gasteiger partial charge on any atom is -0.491 e. The summed E-state index contributed by atoms with van der Waals surface area (Å²) >= 11 is 0.947. The summed E-state index contributed by atoms with van der Waals surface area (Å²) in [5, 5.41) is 16.4. The van der Waals surface area contributed by atoms with Gasteiger partial charge in [0.2, 0.25) is 5.95 Å². The van der Waals surface area contributed by atoms with Crippen LogP contribution in [0.25, 0.3) is 5.69 Å². The predicted molar refractivity (Wildman–Crippen MR) is 75.3 cm³/mol. The van der Waals surface area contributed by atoms with E-state index in [4.69, 9.17) is 15.6 Å². The van der Waals surface area contributed by atoms with Crippen molar-refractivity contribution in [2.45, 2.75) is 12.1 Å². The Labute approximate surface area is 123 Å². The number of hydrogen-bond acceptors (Lipinski definition) is 6. The second-order valence-corrected chi connectivity index (χ2v) is 4.85. The van der Waals surface area contributed by atoms with Gasteiger partial charge in [0, 0.05) is 6.07 Å². The number of nitrogens with zero attached hydrogens (tertiary/aromatic N) is 3. The number of anilines is 1. The summed E-state index contributed by atoms with van der Waals surface area (Å²) < 4.78 is 20.4. The second-order valence-electron chi connectivity index (χ2n) is 3.91. The highest BCUT2D eigenvalue weighted by Gasteiger charge is 2.15. The van der Waals surface area contributed by atoms with E-state index in [-0.39, 0.29) is 22.6 Å². The van der Waals surface area contributed by atoms with Crippen LogP contribution in [0.5, 0.6) is 5.75 Å². The summed E-state index contributed by atoms with van der Waals surface area (Å²) in [6.45, 7) is 2.11. The fourth-order valence-electron chi connectivity index (χ4n) is 1.65. The Hall–Kier alpha value is -2.29. The first kappa shape index (κ1) is 15.1. The van der Waals surface area contributed by atoms with E-state index in [9.17, 15) is 9.18 Å². The number of aliphatic carboxylic acids is 1. The average molecular weight is 312 g/mol. The standard InChI is InChI=1S/C12H13FN4O3S/c1-2-20-9-4-3-7(5-8(9)13)17-11(14)15-16-12(17)21-6-10(18)19/h3-5H,2,6H2,1H3,(H2,14,15)(H,18,19). The second kappa shape index (κ2) is 6.44. The van der Waals surface area contributed by atoms with Crippen molar-refractivity contribution in [3.8, 4) is 11.4 Å². The third-order valence-corrected chi connectivity index (χ3v) is 3.37. The van der Waals surface area contributed by atoms with Gasteiger partial charge in [0.25, 0.3) is 0 Å². The van der Waals surface area contributed by atoms with Crippen LogP contribution in [-0.4, -0.2) is 38.2 Å². The molecule has 7 nitrogen and oxygen atoms in total.